The van der Waals surface area contributed by atoms with E-state index in [0.29, 0.717) is 28.2 Å². The van der Waals surface area contributed by atoms with Gasteiger partial charge in [0, 0.05) is 22.5 Å². The molecule has 3 rings (SSSR count). The van der Waals surface area contributed by atoms with Gasteiger partial charge in [-0.15, -0.1) is 0 Å². The highest BCUT2D eigenvalue weighted by atomic mass is 16.6. The number of nitrogens with zero attached hydrogens (tertiary/aromatic N) is 4. The smallest absolute Gasteiger partial charge is 0.292 e. The Kier molecular flexibility index (Phi) is 5.31. The van der Waals surface area contributed by atoms with Gasteiger partial charge in [-0.3, -0.25) is 34.5 Å². The molecule has 0 radical (unpaired) electrons. The van der Waals surface area contributed by atoms with Crippen molar-refractivity contribution in [3.63, 3.8) is 0 Å². The minimum Gasteiger partial charge on any atom is -0.292 e. The molecule has 150 valence electrons. The lowest BCUT2D eigenvalue weighted by Gasteiger charge is -2.11. The summed E-state index contributed by atoms with van der Waals surface area (Å²) in [5, 5.41) is 15.3. The van der Waals surface area contributed by atoms with Gasteiger partial charge in [0.25, 0.3) is 5.91 Å². The molecule has 3 aromatic rings. The standard InChI is InChI=1S/C20H21N5O4/c1-12-10-17(14(3)24(12)22-20(27)16-8-6-5-7-9-16)18(26)11-23-15(4)19(25(28)29)13(2)21-23/h5-10H,11H2,1-4H3,(H,22,27). The molecule has 29 heavy (non-hydrogen) atoms. The predicted octanol–water partition coefficient (Wildman–Crippen LogP) is 3.09. The van der Waals surface area contributed by atoms with Crippen molar-refractivity contribution in [3.8, 4) is 0 Å². The van der Waals surface area contributed by atoms with Crippen molar-refractivity contribution < 1.29 is 14.5 Å². The fourth-order valence-electron chi connectivity index (χ4n) is 3.30. The molecule has 0 atom stereocenters. The summed E-state index contributed by atoms with van der Waals surface area (Å²) in [4.78, 5) is 35.9. The van der Waals surface area contributed by atoms with E-state index in [0.717, 1.165) is 0 Å². The number of ketones is 1. The molecule has 0 spiro atoms. The fourth-order valence-corrected chi connectivity index (χ4v) is 3.30. The Morgan fingerprint density at radius 1 is 1.10 bits per heavy atom. The number of nitrogens with one attached hydrogen (secondary N) is 1. The van der Waals surface area contributed by atoms with Crippen LogP contribution in [0.1, 0.15) is 43.5 Å². The monoisotopic (exact) mass is 395 g/mol. The molecule has 1 aromatic carbocycles. The van der Waals surface area contributed by atoms with Crippen LogP contribution in [0.15, 0.2) is 36.4 Å². The topological polar surface area (TPSA) is 112 Å². The Bertz CT molecular complexity index is 1110. The lowest BCUT2D eigenvalue weighted by molar-refractivity contribution is -0.386. The van der Waals surface area contributed by atoms with E-state index in [1.54, 1.807) is 55.8 Å². The van der Waals surface area contributed by atoms with E-state index in [1.165, 1.54) is 11.6 Å². The van der Waals surface area contributed by atoms with Gasteiger partial charge < -0.3 is 0 Å². The Hall–Kier alpha value is -3.75. The van der Waals surface area contributed by atoms with Crippen LogP contribution < -0.4 is 5.43 Å². The number of Topliss-reactive ketones (excluding diaryl/α,β-unsaturated/α-hetero) is 1. The van der Waals surface area contributed by atoms with Gasteiger partial charge in [0.05, 0.1) is 4.92 Å². The third kappa shape index (κ3) is 3.79. The minimum absolute atomic E-state index is 0.0848. The van der Waals surface area contributed by atoms with Crippen molar-refractivity contribution >= 4 is 17.4 Å². The van der Waals surface area contributed by atoms with Crippen LogP contribution in [0.5, 0.6) is 0 Å². The molecule has 0 saturated heterocycles. The molecule has 0 aliphatic carbocycles. The number of nitro groups is 1. The molecule has 2 heterocycles. The van der Waals surface area contributed by atoms with Gasteiger partial charge in [0.15, 0.2) is 5.78 Å². The first-order valence-electron chi connectivity index (χ1n) is 8.97. The first-order valence-corrected chi connectivity index (χ1v) is 8.97. The number of rotatable bonds is 6. The third-order valence-electron chi connectivity index (χ3n) is 4.80. The molecule has 1 amide bonds. The maximum atomic E-state index is 12.8. The number of carbonyl (C=O) groups excluding carboxylic acids is 2. The summed E-state index contributed by atoms with van der Waals surface area (Å²) in [6, 6.07) is 10.4. The van der Waals surface area contributed by atoms with E-state index in [1.807, 2.05) is 6.07 Å². The highest BCUT2D eigenvalue weighted by Gasteiger charge is 2.24. The fraction of sp³-hybridized carbons (Fsp3) is 0.250. The maximum absolute atomic E-state index is 12.8. The van der Waals surface area contributed by atoms with E-state index in [4.69, 9.17) is 0 Å². The molecule has 0 saturated carbocycles. The van der Waals surface area contributed by atoms with Crippen LogP contribution in [0.4, 0.5) is 5.69 Å². The number of benzene rings is 1. The van der Waals surface area contributed by atoms with E-state index < -0.39 is 4.92 Å². The first kappa shape index (κ1) is 20.0. The lowest BCUT2D eigenvalue weighted by atomic mass is 10.1. The summed E-state index contributed by atoms with van der Waals surface area (Å²) < 4.78 is 2.90. The third-order valence-corrected chi connectivity index (χ3v) is 4.80. The summed E-state index contributed by atoms with van der Waals surface area (Å²) in [6.07, 6.45) is 0. The summed E-state index contributed by atoms with van der Waals surface area (Å²) >= 11 is 0. The van der Waals surface area contributed by atoms with Crippen molar-refractivity contribution in [1.29, 1.82) is 0 Å². The highest BCUT2D eigenvalue weighted by Crippen LogP contribution is 2.23. The average Bonchev–Trinajstić information content (AvgIpc) is 3.12. The van der Waals surface area contributed by atoms with E-state index >= 15 is 0 Å². The van der Waals surface area contributed by atoms with Gasteiger partial charge in [-0.25, -0.2) is 0 Å². The molecule has 0 aliphatic heterocycles. The number of carbonyl (C=O) groups is 2. The van der Waals surface area contributed by atoms with Gasteiger partial charge in [0.1, 0.15) is 17.9 Å². The number of amides is 1. The zero-order valence-corrected chi connectivity index (χ0v) is 16.6. The van der Waals surface area contributed by atoms with Crippen LogP contribution in [-0.2, 0) is 6.54 Å². The van der Waals surface area contributed by atoms with Crippen LogP contribution >= 0.6 is 0 Å². The number of hydrogen-bond acceptors (Lipinski definition) is 5. The summed E-state index contributed by atoms with van der Waals surface area (Å²) in [6.45, 7) is 6.49. The molecule has 0 aliphatic rings. The normalized spacial score (nSPS) is 10.8. The molecule has 2 aromatic heterocycles. The molecule has 1 N–H and O–H groups in total. The second-order valence-electron chi connectivity index (χ2n) is 6.78. The lowest BCUT2D eigenvalue weighted by Crippen LogP contribution is -2.25. The van der Waals surface area contributed by atoms with Crippen LogP contribution in [0.25, 0.3) is 0 Å². The van der Waals surface area contributed by atoms with Crippen molar-refractivity contribution in [1.82, 2.24) is 14.5 Å². The largest absolute Gasteiger partial charge is 0.312 e. The van der Waals surface area contributed by atoms with Gasteiger partial charge in [-0.2, -0.15) is 5.10 Å². The first-order chi connectivity index (χ1) is 13.7. The second-order valence-corrected chi connectivity index (χ2v) is 6.78. The zero-order valence-electron chi connectivity index (χ0n) is 16.6. The number of hydrogen-bond donors (Lipinski definition) is 1. The van der Waals surface area contributed by atoms with Crippen LogP contribution in [0, 0.1) is 37.8 Å². The molecule has 0 fully saturated rings. The SMILES string of the molecule is Cc1nn(CC(=O)c2cc(C)n(NC(=O)c3ccccc3)c2C)c(C)c1[N+](=O)[O-]. The van der Waals surface area contributed by atoms with Crippen molar-refractivity contribution in [2.24, 2.45) is 0 Å². The van der Waals surface area contributed by atoms with Gasteiger partial charge in [-0.05, 0) is 45.9 Å². The van der Waals surface area contributed by atoms with Crippen LogP contribution in [-0.4, -0.2) is 31.1 Å². The molecular weight excluding hydrogens is 374 g/mol. The minimum atomic E-state index is -0.496. The Morgan fingerprint density at radius 3 is 2.34 bits per heavy atom. The summed E-state index contributed by atoms with van der Waals surface area (Å²) in [7, 11) is 0. The van der Waals surface area contributed by atoms with Crippen molar-refractivity contribution in [3.05, 3.63) is 80.4 Å². The summed E-state index contributed by atoms with van der Waals surface area (Å²) in [5.74, 6) is -0.542. The molecule has 9 heteroatoms. The van der Waals surface area contributed by atoms with Gasteiger partial charge in [-0.1, -0.05) is 18.2 Å². The van der Waals surface area contributed by atoms with E-state index in [-0.39, 0.29) is 29.6 Å². The highest BCUT2D eigenvalue weighted by molar-refractivity contribution is 6.01. The van der Waals surface area contributed by atoms with Gasteiger partial charge in [0.2, 0.25) is 0 Å². The molecule has 0 unspecified atom stereocenters. The zero-order chi connectivity index (χ0) is 21.3. The van der Waals surface area contributed by atoms with Crippen LogP contribution in [0.3, 0.4) is 0 Å². The predicted molar refractivity (Wildman–Crippen MR) is 107 cm³/mol. The summed E-state index contributed by atoms with van der Waals surface area (Å²) in [5.41, 5.74) is 5.48. The molecule has 9 nitrogen and oxygen atoms in total. The molecule has 0 bridgehead atoms. The Morgan fingerprint density at radius 2 is 1.76 bits per heavy atom. The number of aryl methyl sites for hydroxylation is 2. The van der Waals surface area contributed by atoms with Gasteiger partial charge >= 0.3 is 5.69 Å². The quantitative estimate of drug-likeness (QED) is 0.391. The van der Waals surface area contributed by atoms with Crippen molar-refractivity contribution in [2.45, 2.75) is 34.2 Å². The van der Waals surface area contributed by atoms with E-state index in [9.17, 15) is 19.7 Å². The number of aromatic nitrogens is 3. The van der Waals surface area contributed by atoms with Crippen molar-refractivity contribution in [2.75, 3.05) is 5.43 Å². The Balaban J connectivity index is 1.84. The van der Waals surface area contributed by atoms with Crippen LogP contribution in [0.2, 0.25) is 0 Å². The second kappa shape index (κ2) is 7.70. The van der Waals surface area contributed by atoms with E-state index in [2.05, 4.69) is 10.5 Å². The maximum Gasteiger partial charge on any atom is 0.312 e. The molecular formula is C20H21N5O4. The average molecular weight is 395 g/mol. The Labute approximate surface area is 167 Å².